The number of amides is 1. The predicted molar refractivity (Wildman–Crippen MR) is 78.5 cm³/mol. The molecule has 1 N–H and O–H groups in total. The molecule has 0 bridgehead atoms. The molecule has 0 radical (unpaired) electrons. The Hall–Kier alpha value is -1.36. The normalized spacial score (nSPS) is 15.1. The van der Waals surface area contributed by atoms with E-state index in [-0.39, 0.29) is 12.3 Å². The maximum atomic E-state index is 12.5. The zero-order valence-electron chi connectivity index (χ0n) is 12.0. The standard InChI is InChI=1S/C15H21NO3S/c1-15(2,8-14(18)19)7-13(17)16(12-3-4-12)9-11-5-6-20-10-11/h5-6,10,12H,3-4,7-9H2,1-2H3,(H,18,19). The third-order valence-corrected chi connectivity index (χ3v) is 4.23. The minimum atomic E-state index is -0.849. The monoisotopic (exact) mass is 295 g/mol. The van der Waals surface area contributed by atoms with Crippen molar-refractivity contribution in [3.05, 3.63) is 22.4 Å². The van der Waals surface area contributed by atoms with Crippen LogP contribution in [0.1, 0.15) is 45.1 Å². The number of rotatable bonds is 7. The minimum Gasteiger partial charge on any atom is -0.481 e. The summed E-state index contributed by atoms with van der Waals surface area (Å²) in [6.07, 6.45) is 2.44. The van der Waals surface area contributed by atoms with Gasteiger partial charge in [-0.05, 0) is 40.6 Å². The Morgan fingerprint density at radius 2 is 2.10 bits per heavy atom. The largest absolute Gasteiger partial charge is 0.481 e. The lowest BCUT2D eigenvalue weighted by Gasteiger charge is -2.28. The first-order valence-corrected chi connectivity index (χ1v) is 7.84. The van der Waals surface area contributed by atoms with E-state index in [0.29, 0.717) is 19.0 Å². The maximum Gasteiger partial charge on any atom is 0.303 e. The lowest BCUT2D eigenvalue weighted by Crippen LogP contribution is -2.36. The first kappa shape index (κ1) is 15.0. The number of carboxylic acid groups (broad SMARTS) is 1. The average Bonchev–Trinajstić information content (AvgIpc) is 3.00. The number of thiophene rings is 1. The summed E-state index contributed by atoms with van der Waals surface area (Å²) in [6, 6.07) is 2.39. The SMILES string of the molecule is CC(C)(CC(=O)O)CC(=O)N(Cc1ccsc1)C1CC1. The second kappa shape index (κ2) is 5.95. The lowest BCUT2D eigenvalue weighted by atomic mass is 9.85. The molecule has 1 aromatic rings. The van der Waals surface area contributed by atoms with Crippen LogP contribution in [-0.4, -0.2) is 27.9 Å². The molecule has 20 heavy (non-hydrogen) atoms. The quantitative estimate of drug-likeness (QED) is 0.840. The van der Waals surface area contributed by atoms with Crippen LogP contribution in [0.15, 0.2) is 16.8 Å². The van der Waals surface area contributed by atoms with Gasteiger partial charge in [0.2, 0.25) is 5.91 Å². The van der Waals surface area contributed by atoms with E-state index < -0.39 is 11.4 Å². The minimum absolute atomic E-state index is 0.0235. The summed E-state index contributed by atoms with van der Waals surface area (Å²) in [4.78, 5) is 25.3. The van der Waals surface area contributed by atoms with Crippen LogP contribution in [0.3, 0.4) is 0 Å². The Morgan fingerprint density at radius 3 is 2.60 bits per heavy atom. The fourth-order valence-corrected chi connectivity index (χ4v) is 3.03. The van der Waals surface area contributed by atoms with E-state index in [2.05, 4.69) is 5.38 Å². The van der Waals surface area contributed by atoms with Crippen LogP contribution in [-0.2, 0) is 16.1 Å². The molecule has 1 fully saturated rings. The van der Waals surface area contributed by atoms with Crippen molar-refractivity contribution in [1.29, 1.82) is 0 Å². The van der Waals surface area contributed by atoms with Crippen molar-refractivity contribution in [3.8, 4) is 0 Å². The second-order valence-electron chi connectivity index (χ2n) is 6.30. The summed E-state index contributed by atoms with van der Waals surface area (Å²) in [5.74, 6) is -0.774. The van der Waals surface area contributed by atoms with Gasteiger partial charge in [0, 0.05) is 19.0 Å². The second-order valence-corrected chi connectivity index (χ2v) is 7.08. The smallest absolute Gasteiger partial charge is 0.303 e. The molecule has 0 atom stereocenters. The summed E-state index contributed by atoms with van der Waals surface area (Å²) in [7, 11) is 0. The molecule has 110 valence electrons. The molecule has 0 unspecified atom stereocenters. The van der Waals surface area contributed by atoms with Gasteiger partial charge in [0.05, 0.1) is 6.42 Å². The maximum absolute atomic E-state index is 12.5. The van der Waals surface area contributed by atoms with Crippen LogP contribution in [0, 0.1) is 5.41 Å². The summed E-state index contributed by atoms with van der Waals surface area (Å²) in [6.45, 7) is 4.33. The van der Waals surface area contributed by atoms with Gasteiger partial charge in [0.15, 0.2) is 0 Å². The van der Waals surface area contributed by atoms with Crippen molar-refractivity contribution >= 4 is 23.2 Å². The van der Waals surface area contributed by atoms with Crippen LogP contribution in [0.2, 0.25) is 0 Å². The van der Waals surface area contributed by atoms with E-state index in [9.17, 15) is 9.59 Å². The average molecular weight is 295 g/mol. The van der Waals surface area contributed by atoms with E-state index in [0.717, 1.165) is 18.4 Å². The predicted octanol–water partition coefficient (Wildman–Crippen LogP) is 3.13. The van der Waals surface area contributed by atoms with E-state index in [1.54, 1.807) is 11.3 Å². The highest BCUT2D eigenvalue weighted by atomic mass is 32.1. The molecule has 0 saturated heterocycles. The Kier molecular flexibility index (Phi) is 4.48. The van der Waals surface area contributed by atoms with Crippen LogP contribution in [0.4, 0.5) is 0 Å². The molecule has 0 spiro atoms. The van der Waals surface area contributed by atoms with Gasteiger partial charge in [0.25, 0.3) is 0 Å². The Morgan fingerprint density at radius 1 is 1.40 bits per heavy atom. The molecule has 1 amide bonds. The number of hydrogen-bond acceptors (Lipinski definition) is 3. The fourth-order valence-electron chi connectivity index (χ4n) is 2.37. The highest BCUT2D eigenvalue weighted by Gasteiger charge is 2.35. The van der Waals surface area contributed by atoms with Crippen molar-refractivity contribution in [2.75, 3.05) is 0 Å². The van der Waals surface area contributed by atoms with E-state index >= 15 is 0 Å². The third kappa shape index (κ3) is 4.34. The lowest BCUT2D eigenvalue weighted by molar-refractivity contribution is -0.141. The van der Waals surface area contributed by atoms with Gasteiger partial charge >= 0.3 is 5.97 Å². The molecule has 5 heteroatoms. The van der Waals surface area contributed by atoms with Crippen LogP contribution >= 0.6 is 11.3 Å². The Labute approximate surface area is 123 Å². The summed E-state index contributed by atoms with van der Waals surface area (Å²) < 4.78 is 0. The van der Waals surface area contributed by atoms with Gasteiger partial charge in [-0.3, -0.25) is 9.59 Å². The van der Waals surface area contributed by atoms with Crippen molar-refractivity contribution in [1.82, 2.24) is 4.90 Å². The molecular formula is C15H21NO3S. The zero-order valence-corrected chi connectivity index (χ0v) is 12.8. The number of carboxylic acids is 1. The first-order chi connectivity index (χ1) is 9.37. The van der Waals surface area contributed by atoms with Gasteiger partial charge in [-0.15, -0.1) is 0 Å². The molecule has 1 heterocycles. The fraction of sp³-hybridized carbons (Fsp3) is 0.600. The number of aliphatic carboxylic acids is 1. The molecule has 1 aromatic heterocycles. The molecule has 1 aliphatic carbocycles. The van der Waals surface area contributed by atoms with Gasteiger partial charge in [-0.1, -0.05) is 13.8 Å². The van der Waals surface area contributed by atoms with Crippen LogP contribution in [0.25, 0.3) is 0 Å². The van der Waals surface area contributed by atoms with E-state index in [4.69, 9.17) is 5.11 Å². The van der Waals surface area contributed by atoms with Crippen molar-refractivity contribution in [3.63, 3.8) is 0 Å². The topological polar surface area (TPSA) is 57.6 Å². The Bertz CT molecular complexity index is 477. The number of carbonyl (C=O) groups excluding carboxylic acids is 1. The molecule has 4 nitrogen and oxygen atoms in total. The van der Waals surface area contributed by atoms with Crippen molar-refractivity contribution in [2.24, 2.45) is 5.41 Å². The summed E-state index contributed by atoms with van der Waals surface area (Å²) in [5, 5.41) is 13.0. The van der Waals surface area contributed by atoms with Crippen molar-refractivity contribution < 1.29 is 14.7 Å². The molecule has 1 saturated carbocycles. The van der Waals surface area contributed by atoms with Crippen molar-refractivity contribution in [2.45, 2.75) is 52.1 Å². The van der Waals surface area contributed by atoms with Crippen LogP contribution in [0.5, 0.6) is 0 Å². The van der Waals surface area contributed by atoms with Gasteiger partial charge in [-0.2, -0.15) is 11.3 Å². The number of nitrogens with zero attached hydrogens (tertiary/aromatic N) is 1. The van der Waals surface area contributed by atoms with Gasteiger partial charge < -0.3 is 10.0 Å². The molecule has 2 rings (SSSR count). The first-order valence-electron chi connectivity index (χ1n) is 6.90. The third-order valence-electron chi connectivity index (χ3n) is 3.50. The molecule has 0 aromatic carbocycles. The van der Waals surface area contributed by atoms with Gasteiger partial charge in [0.1, 0.15) is 0 Å². The summed E-state index contributed by atoms with van der Waals surface area (Å²) in [5.41, 5.74) is 0.663. The molecule has 1 aliphatic rings. The van der Waals surface area contributed by atoms with Gasteiger partial charge in [-0.25, -0.2) is 0 Å². The van der Waals surface area contributed by atoms with E-state index in [1.165, 1.54) is 0 Å². The highest BCUT2D eigenvalue weighted by Crippen LogP contribution is 2.33. The molecular weight excluding hydrogens is 274 g/mol. The number of carbonyl (C=O) groups is 2. The number of hydrogen-bond donors (Lipinski definition) is 1. The molecule has 0 aliphatic heterocycles. The Balaban J connectivity index is 1.98. The zero-order chi connectivity index (χ0) is 14.8. The van der Waals surface area contributed by atoms with E-state index in [1.807, 2.05) is 30.2 Å². The van der Waals surface area contributed by atoms with Crippen LogP contribution < -0.4 is 0 Å². The highest BCUT2D eigenvalue weighted by molar-refractivity contribution is 7.07. The summed E-state index contributed by atoms with van der Waals surface area (Å²) >= 11 is 1.63.